The summed E-state index contributed by atoms with van der Waals surface area (Å²) in [7, 11) is 3.44. The third-order valence-electron chi connectivity index (χ3n) is 6.86. The molecule has 1 atom stereocenters. The van der Waals surface area contributed by atoms with Crippen LogP contribution in [-0.4, -0.2) is 49.8 Å². The molecule has 35 heavy (non-hydrogen) atoms. The lowest BCUT2D eigenvalue weighted by atomic mass is 9.76. The number of carbonyl (C=O) groups excluding carboxylic acids is 1. The molecule has 1 fully saturated rings. The van der Waals surface area contributed by atoms with E-state index in [9.17, 15) is 4.79 Å². The molecule has 0 spiro atoms. The average molecular weight is 472 g/mol. The zero-order valence-corrected chi connectivity index (χ0v) is 20.4. The van der Waals surface area contributed by atoms with Crippen LogP contribution in [0.15, 0.2) is 53.3 Å². The highest BCUT2D eigenvalue weighted by molar-refractivity contribution is 5.75. The number of benzene rings is 1. The number of hydrogen-bond donors (Lipinski definition) is 1. The smallest absolute Gasteiger partial charge is 0.261 e. The molecule has 2 N–H and O–H groups in total. The summed E-state index contributed by atoms with van der Waals surface area (Å²) in [5.41, 5.74) is 10.3. The van der Waals surface area contributed by atoms with Crippen molar-refractivity contribution in [3.63, 3.8) is 0 Å². The molecule has 0 saturated heterocycles. The fraction of sp³-hybridized carbons (Fsp3) is 0.346. The number of pyridine rings is 1. The SMILES string of the molecule is Cc1nc(N)ccc1-c1ccc(C(C)(c2noc(-c3cnn(CC(=O)N(C)C)c3)n2)C2CC2)cc1. The third kappa shape index (κ3) is 4.29. The van der Waals surface area contributed by atoms with Gasteiger partial charge in [-0.1, -0.05) is 29.4 Å². The van der Waals surface area contributed by atoms with Gasteiger partial charge in [-0.3, -0.25) is 9.48 Å². The van der Waals surface area contributed by atoms with E-state index in [2.05, 4.69) is 46.4 Å². The second-order valence-corrected chi connectivity index (χ2v) is 9.56. The van der Waals surface area contributed by atoms with E-state index < -0.39 is 0 Å². The molecule has 3 heterocycles. The van der Waals surface area contributed by atoms with Crippen LogP contribution >= 0.6 is 0 Å². The van der Waals surface area contributed by atoms with Gasteiger partial charge in [-0.25, -0.2) is 4.98 Å². The number of aryl methyl sites for hydroxylation is 1. The molecule has 1 aliphatic carbocycles. The van der Waals surface area contributed by atoms with E-state index in [1.54, 1.807) is 31.2 Å². The summed E-state index contributed by atoms with van der Waals surface area (Å²) in [5, 5.41) is 8.65. The molecule has 180 valence electrons. The van der Waals surface area contributed by atoms with Gasteiger partial charge in [-0.05, 0) is 55.9 Å². The Labute approximate surface area is 204 Å². The summed E-state index contributed by atoms with van der Waals surface area (Å²) in [6.07, 6.45) is 5.64. The summed E-state index contributed by atoms with van der Waals surface area (Å²) in [6, 6.07) is 12.3. The molecule has 1 aromatic carbocycles. The Bertz CT molecular complexity index is 1370. The molecule has 0 radical (unpaired) electrons. The minimum Gasteiger partial charge on any atom is -0.384 e. The molecule has 5 rings (SSSR count). The van der Waals surface area contributed by atoms with Crippen molar-refractivity contribution in [2.45, 2.75) is 38.6 Å². The number of nitrogens with zero attached hydrogens (tertiary/aromatic N) is 6. The van der Waals surface area contributed by atoms with Crippen LogP contribution in [0.3, 0.4) is 0 Å². The van der Waals surface area contributed by atoms with Crippen molar-refractivity contribution in [2.24, 2.45) is 5.92 Å². The van der Waals surface area contributed by atoms with E-state index in [1.165, 1.54) is 4.90 Å². The molecule has 4 aromatic rings. The Morgan fingerprint density at radius 3 is 2.54 bits per heavy atom. The van der Waals surface area contributed by atoms with Crippen molar-refractivity contribution in [3.8, 4) is 22.6 Å². The predicted octanol–water partition coefficient (Wildman–Crippen LogP) is 3.69. The summed E-state index contributed by atoms with van der Waals surface area (Å²) < 4.78 is 7.23. The van der Waals surface area contributed by atoms with Crippen molar-refractivity contribution in [1.29, 1.82) is 0 Å². The number of amides is 1. The number of nitrogen functional groups attached to an aromatic ring is 1. The van der Waals surface area contributed by atoms with Crippen molar-refractivity contribution in [1.82, 2.24) is 29.8 Å². The minimum atomic E-state index is -0.369. The van der Waals surface area contributed by atoms with Gasteiger partial charge in [0, 0.05) is 31.5 Å². The molecule has 0 bridgehead atoms. The highest BCUT2D eigenvalue weighted by Gasteiger charge is 2.47. The molecular weight excluding hydrogens is 442 g/mol. The topological polar surface area (TPSA) is 116 Å². The van der Waals surface area contributed by atoms with Crippen molar-refractivity contribution < 1.29 is 9.32 Å². The van der Waals surface area contributed by atoms with Crippen molar-refractivity contribution in [2.75, 3.05) is 19.8 Å². The minimum absolute atomic E-state index is 0.0411. The van der Waals surface area contributed by atoms with Crippen LogP contribution in [0, 0.1) is 12.8 Å². The van der Waals surface area contributed by atoms with E-state index in [0.29, 0.717) is 29.0 Å². The van der Waals surface area contributed by atoms with Crippen LogP contribution < -0.4 is 5.73 Å². The summed E-state index contributed by atoms with van der Waals surface area (Å²) in [5.74, 6) is 1.98. The van der Waals surface area contributed by atoms with Gasteiger partial charge in [0.1, 0.15) is 12.4 Å². The standard InChI is InChI=1S/C26H29N7O2/c1-16-21(11-12-22(27)29-16)17-5-7-19(8-6-17)26(2,20-9-10-20)25-30-24(35-31-25)18-13-28-33(14-18)15-23(34)32(3)4/h5-8,11-14,20H,9-10,15H2,1-4H3,(H2,27,29). The van der Waals surface area contributed by atoms with Gasteiger partial charge in [0.25, 0.3) is 5.89 Å². The normalized spacial score (nSPS) is 15.1. The van der Waals surface area contributed by atoms with E-state index in [1.807, 2.05) is 19.1 Å². The van der Waals surface area contributed by atoms with Crippen LogP contribution in [0.5, 0.6) is 0 Å². The van der Waals surface area contributed by atoms with E-state index in [-0.39, 0.29) is 17.9 Å². The van der Waals surface area contributed by atoms with Crippen molar-refractivity contribution >= 4 is 11.7 Å². The Kier molecular flexibility index (Phi) is 5.62. The van der Waals surface area contributed by atoms with Gasteiger partial charge >= 0.3 is 0 Å². The van der Waals surface area contributed by atoms with Gasteiger partial charge < -0.3 is 15.2 Å². The quantitative estimate of drug-likeness (QED) is 0.437. The highest BCUT2D eigenvalue weighted by atomic mass is 16.5. The number of rotatable bonds is 7. The molecule has 1 aliphatic rings. The maximum atomic E-state index is 12.0. The average Bonchev–Trinajstić information content (AvgIpc) is 3.39. The lowest BCUT2D eigenvalue weighted by molar-refractivity contribution is -0.129. The largest absolute Gasteiger partial charge is 0.384 e. The van der Waals surface area contributed by atoms with Gasteiger partial charge in [0.05, 0.1) is 17.2 Å². The van der Waals surface area contributed by atoms with Gasteiger partial charge in [0.15, 0.2) is 5.82 Å². The first-order valence-corrected chi connectivity index (χ1v) is 11.7. The number of likely N-dealkylation sites (N-methyl/N-ethyl adjacent to an activating group) is 1. The van der Waals surface area contributed by atoms with E-state index in [4.69, 9.17) is 15.2 Å². The van der Waals surface area contributed by atoms with Crippen LogP contribution in [-0.2, 0) is 16.8 Å². The van der Waals surface area contributed by atoms with Gasteiger partial charge in [0.2, 0.25) is 5.91 Å². The van der Waals surface area contributed by atoms with Crippen LogP contribution in [0.4, 0.5) is 5.82 Å². The number of anilines is 1. The molecule has 1 amide bonds. The molecule has 9 heteroatoms. The Morgan fingerprint density at radius 2 is 1.89 bits per heavy atom. The molecule has 3 aromatic heterocycles. The van der Waals surface area contributed by atoms with E-state index in [0.717, 1.165) is 35.2 Å². The predicted molar refractivity (Wildman–Crippen MR) is 132 cm³/mol. The lowest BCUT2D eigenvalue weighted by Crippen LogP contribution is -2.28. The number of carbonyl (C=O) groups is 1. The third-order valence-corrected chi connectivity index (χ3v) is 6.86. The second-order valence-electron chi connectivity index (χ2n) is 9.56. The maximum absolute atomic E-state index is 12.0. The Morgan fingerprint density at radius 1 is 1.14 bits per heavy atom. The van der Waals surface area contributed by atoms with Gasteiger partial charge in [-0.2, -0.15) is 10.1 Å². The first-order valence-electron chi connectivity index (χ1n) is 11.7. The maximum Gasteiger partial charge on any atom is 0.261 e. The van der Waals surface area contributed by atoms with E-state index >= 15 is 0 Å². The molecular formula is C26H29N7O2. The number of aromatic nitrogens is 5. The Balaban J connectivity index is 1.42. The molecule has 1 unspecified atom stereocenters. The summed E-state index contributed by atoms with van der Waals surface area (Å²) in [6.45, 7) is 4.31. The summed E-state index contributed by atoms with van der Waals surface area (Å²) >= 11 is 0. The number of hydrogen-bond acceptors (Lipinski definition) is 7. The monoisotopic (exact) mass is 471 g/mol. The summed E-state index contributed by atoms with van der Waals surface area (Å²) in [4.78, 5) is 22.7. The zero-order valence-electron chi connectivity index (χ0n) is 20.4. The molecule has 9 nitrogen and oxygen atoms in total. The second kappa shape index (κ2) is 8.65. The zero-order chi connectivity index (χ0) is 24.7. The molecule has 0 aliphatic heterocycles. The highest BCUT2D eigenvalue weighted by Crippen LogP contribution is 2.50. The van der Waals surface area contributed by atoms with Crippen LogP contribution in [0.2, 0.25) is 0 Å². The van der Waals surface area contributed by atoms with Crippen LogP contribution in [0.25, 0.3) is 22.6 Å². The number of nitrogens with two attached hydrogens (primary N) is 1. The van der Waals surface area contributed by atoms with Crippen molar-refractivity contribution in [3.05, 3.63) is 65.9 Å². The Hall–Kier alpha value is -4.01. The van der Waals surface area contributed by atoms with Gasteiger partial charge in [-0.15, -0.1) is 0 Å². The molecule has 1 saturated carbocycles. The lowest BCUT2D eigenvalue weighted by Gasteiger charge is -2.27. The van der Waals surface area contributed by atoms with Crippen LogP contribution in [0.1, 0.15) is 36.8 Å². The fourth-order valence-electron chi connectivity index (χ4n) is 4.48. The fourth-order valence-corrected chi connectivity index (χ4v) is 4.48. The first kappa shape index (κ1) is 22.8. The first-order chi connectivity index (χ1) is 16.8.